The quantitative estimate of drug-likeness (QED) is 0.852. The average Bonchev–Trinajstić information content (AvgIpc) is 2.47. The van der Waals surface area contributed by atoms with Gasteiger partial charge < -0.3 is 14.8 Å². The van der Waals surface area contributed by atoms with Gasteiger partial charge >= 0.3 is 0 Å². The summed E-state index contributed by atoms with van der Waals surface area (Å²) in [6.45, 7) is 5.69. The standard InChI is InChI=1S/C14H20N2O2/c1-17-12-3-2-11-9-15-10-14(13(11)8-12)16-4-6-18-7-5-16/h2-3,8,14-15H,4-7,9-10H2,1H3. The zero-order valence-corrected chi connectivity index (χ0v) is 10.8. The molecule has 0 spiro atoms. The second kappa shape index (κ2) is 5.26. The molecular weight excluding hydrogens is 228 g/mol. The van der Waals surface area contributed by atoms with Crippen molar-refractivity contribution in [1.29, 1.82) is 0 Å². The van der Waals surface area contributed by atoms with Gasteiger partial charge in [-0.1, -0.05) is 6.07 Å². The van der Waals surface area contributed by atoms with E-state index in [1.165, 1.54) is 11.1 Å². The van der Waals surface area contributed by atoms with Crippen LogP contribution in [0.25, 0.3) is 0 Å². The number of hydrogen-bond donors (Lipinski definition) is 1. The minimum atomic E-state index is 0.452. The molecule has 1 fully saturated rings. The van der Waals surface area contributed by atoms with Gasteiger partial charge in [-0.2, -0.15) is 0 Å². The molecule has 0 saturated carbocycles. The van der Waals surface area contributed by atoms with Gasteiger partial charge in [-0.25, -0.2) is 0 Å². The Labute approximate surface area is 108 Å². The van der Waals surface area contributed by atoms with Crippen LogP contribution in [-0.4, -0.2) is 44.9 Å². The molecule has 0 amide bonds. The zero-order valence-electron chi connectivity index (χ0n) is 10.8. The summed E-state index contributed by atoms with van der Waals surface area (Å²) in [6.07, 6.45) is 0. The lowest BCUT2D eigenvalue weighted by Gasteiger charge is -2.38. The van der Waals surface area contributed by atoms with E-state index in [0.29, 0.717) is 6.04 Å². The highest BCUT2D eigenvalue weighted by Gasteiger charge is 2.27. The first kappa shape index (κ1) is 12.0. The first-order chi connectivity index (χ1) is 8.88. The number of benzene rings is 1. The molecule has 0 radical (unpaired) electrons. The van der Waals surface area contributed by atoms with Gasteiger partial charge in [-0.3, -0.25) is 4.90 Å². The lowest BCUT2D eigenvalue weighted by atomic mass is 9.95. The fourth-order valence-electron chi connectivity index (χ4n) is 2.84. The molecule has 98 valence electrons. The van der Waals surface area contributed by atoms with Crippen LogP contribution >= 0.6 is 0 Å². The van der Waals surface area contributed by atoms with Gasteiger partial charge in [0.25, 0.3) is 0 Å². The maximum atomic E-state index is 5.44. The van der Waals surface area contributed by atoms with E-state index in [4.69, 9.17) is 9.47 Å². The Morgan fingerprint density at radius 3 is 2.94 bits per heavy atom. The maximum absolute atomic E-state index is 5.44. The summed E-state index contributed by atoms with van der Waals surface area (Å²) in [7, 11) is 1.73. The molecule has 2 heterocycles. The van der Waals surface area contributed by atoms with Crippen molar-refractivity contribution in [2.75, 3.05) is 40.0 Å². The molecule has 1 atom stereocenters. The molecule has 2 aliphatic rings. The van der Waals surface area contributed by atoms with Crippen molar-refractivity contribution in [3.05, 3.63) is 29.3 Å². The molecule has 2 aliphatic heterocycles. The largest absolute Gasteiger partial charge is 0.497 e. The van der Waals surface area contributed by atoms with Crippen molar-refractivity contribution in [2.24, 2.45) is 0 Å². The molecule has 4 nitrogen and oxygen atoms in total. The number of nitrogens with one attached hydrogen (secondary N) is 1. The minimum Gasteiger partial charge on any atom is -0.497 e. The van der Waals surface area contributed by atoms with Gasteiger partial charge in [-0.05, 0) is 23.3 Å². The normalized spacial score (nSPS) is 24.6. The predicted molar refractivity (Wildman–Crippen MR) is 69.8 cm³/mol. The molecule has 1 aromatic rings. The molecule has 0 aliphatic carbocycles. The van der Waals surface area contributed by atoms with Crippen LogP contribution in [0.4, 0.5) is 0 Å². The fraction of sp³-hybridized carbons (Fsp3) is 0.571. The first-order valence-corrected chi connectivity index (χ1v) is 6.58. The van der Waals surface area contributed by atoms with Crippen molar-refractivity contribution >= 4 is 0 Å². The summed E-state index contributed by atoms with van der Waals surface area (Å²) < 4.78 is 10.8. The van der Waals surface area contributed by atoms with Crippen LogP contribution in [0.3, 0.4) is 0 Å². The summed E-state index contributed by atoms with van der Waals surface area (Å²) in [5.74, 6) is 0.953. The smallest absolute Gasteiger partial charge is 0.119 e. The summed E-state index contributed by atoms with van der Waals surface area (Å²) in [5, 5.41) is 3.50. The Bertz CT molecular complexity index is 416. The molecular formula is C14H20N2O2. The lowest BCUT2D eigenvalue weighted by molar-refractivity contribution is 0.0146. The Hall–Kier alpha value is -1.10. The highest BCUT2D eigenvalue weighted by atomic mass is 16.5. The summed E-state index contributed by atoms with van der Waals surface area (Å²) in [5.41, 5.74) is 2.80. The number of fused-ring (bicyclic) bond motifs is 1. The van der Waals surface area contributed by atoms with Crippen LogP contribution in [0.15, 0.2) is 18.2 Å². The van der Waals surface area contributed by atoms with Crippen LogP contribution in [-0.2, 0) is 11.3 Å². The summed E-state index contributed by atoms with van der Waals surface area (Å²) >= 11 is 0. The van der Waals surface area contributed by atoms with Crippen molar-refractivity contribution < 1.29 is 9.47 Å². The molecule has 18 heavy (non-hydrogen) atoms. The monoisotopic (exact) mass is 248 g/mol. The Kier molecular flexibility index (Phi) is 3.50. The van der Waals surface area contributed by atoms with Crippen LogP contribution < -0.4 is 10.1 Å². The Morgan fingerprint density at radius 2 is 2.17 bits per heavy atom. The molecule has 1 unspecified atom stereocenters. The van der Waals surface area contributed by atoms with Gasteiger partial charge in [0, 0.05) is 32.2 Å². The predicted octanol–water partition coefficient (Wildman–Crippen LogP) is 1.17. The topological polar surface area (TPSA) is 33.7 Å². The minimum absolute atomic E-state index is 0.452. The third kappa shape index (κ3) is 2.23. The van der Waals surface area contributed by atoms with Gasteiger partial charge in [-0.15, -0.1) is 0 Å². The van der Waals surface area contributed by atoms with E-state index >= 15 is 0 Å². The highest BCUT2D eigenvalue weighted by Crippen LogP contribution is 2.30. The van der Waals surface area contributed by atoms with E-state index in [1.807, 2.05) is 6.07 Å². The number of morpholine rings is 1. The van der Waals surface area contributed by atoms with Crippen molar-refractivity contribution in [1.82, 2.24) is 10.2 Å². The first-order valence-electron chi connectivity index (χ1n) is 6.58. The number of ether oxygens (including phenoxy) is 2. The van der Waals surface area contributed by atoms with E-state index in [-0.39, 0.29) is 0 Å². The van der Waals surface area contributed by atoms with Gasteiger partial charge in [0.15, 0.2) is 0 Å². The van der Waals surface area contributed by atoms with Crippen molar-refractivity contribution in [3.8, 4) is 5.75 Å². The molecule has 0 bridgehead atoms. The second-order valence-electron chi connectivity index (χ2n) is 4.86. The van der Waals surface area contributed by atoms with Crippen molar-refractivity contribution in [3.63, 3.8) is 0 Å². The average molecular weight is 248 g/mol. The number of methoxy groups -OCH3 is 1. The number of rotatable bonds is 2. The van der Waals surface area contributed by atoms with Crippen molar-refractivity contribution in [2.45, 2.75) is 12.6 Å². The molecule has 1 saturated heterocycles. The molecule has 4 heteroatoms. The molecule has 0 aromatic heterocycles. The summed E-state index contributed by atoms with van der Waals surface area (Å²) in [4.78, 5) is 2.51. The Balaban J connectivity index is 1.89. The third-order valence-corrected chi connectivity index (χ3v) is 3.85. The van der Waals surface area contributed by atoms with E-state index in [1.54, 1.807) is 7.11 Å². The van der Waals surface area contributed by atoms with Gasteiger partial charge in [0.2, 0.25) is 0 Å². The second-order valence-corrected chi connectivity index (χ2v) is 4.86. The Morgan fingerprint density at radius 1 is 1.33 bits per heavy atom. The summed E-state index contributed by atoms with van der Waals surface area (Å²) in [6, 6.07) is 6.86. The fourth-order valence-corrected chi connectivity index (χ4v) is 2.84. The SMILES string of the molecule is COc1ccc2c(c1)C(N1CCOCC1)CNC2. The maximum Gasteiger partial charge on any atom is 0.119 e. The van der Waals surface area contributed by atoms with Crippen LogP contribution in [0, 0.1) is 0 Å². The lowest BCUT2D eigenvalue weighted by Crippen LogP contribution is -2.45. The van der Waals surface area contributed by atoms with Crippen LogP contribution in [0.2, 0.25) is 0 Å². The molecule has 1 N–H and O–H groups in total. The van der Waals surface area contributed by atoms with Gasteiger partial charge in [0.05, 0.1) is 20.3 Å². The van der Waals surface area contributed by atoms with E-state index in [0.717, 1.165) is 45.1 Å². The van der Waals surface area contributed by atoms with E-state index in [2.05, 4.69) is 22.3 Å². The van der Waals surface area contributed by atoms with E-state index < -0.39 is 0 Å². The molecule has 1 aromatic carbocycles. The van der Waals surface area contributed by atoms with Crippen LogP contribution in [0.1, 0.15) is 17.2 Å². The zero-order chi connectivity index (χ0) is 12.4. The molecule has 3 rings (SSSR count). The van der Waals surface area contributed by atoms with Gasteiger partial charge in [0.1, 0.15) is 5.75 Å². The third-order valence-electron chi connectivity index (χ3n) is 3.85. The highest BCUT2D eigenvalue weighted by molar-refractivity contribution is 5.39. The van der Waals surface area contributed by atoms with Crippen LogP contribution in [0.5, 0.6) is 5.75 Å². The number of nitrogens with zero attached hydrogens (tertiary/aromatic N) is 1. The van der Waals surface area contributed by atoms with E-state index in [9.17, 15) is 0 Å². The number of hydrogen-bond acceptors (Lipinski definition) is 4.